The minimum absolute atomic E-state index is 0.116. The van der Waals surface area contributed by atoms with Gasteiger partial charge in [0.2, 0.25) is 0 Å². The highest BCUT2D eigenvalue weighted by molar-refractivity contribution is 5.97. The van der Waals surface area contributed by atoms with E-state index in [1.54, 1.807) is 4.52 Å². The molecule has 7 rings (SSSR count). The summed E-state index contributed by atoms with van der Waals surface area (Å²) in [6, 6.07) is 11.2. The van der Waals surface area contributed by atoms with Crippen molar-refractivity contribution in [3.63, 3.8) is 0 Å². The number of aromatic nitrogens is 4. The molecule has 0 spiro atoms. The normalized spacial score (nSPS) is 21.7. The van der Waals surface area contributed by atoms with E-state index in [1.165, 1.54) is 25.6 Å². The standard InChI is InChI=1S/C26H23FN6O4/c1-37-18-7-6-16(27)8-17(18)22(34)29-9-14-2-4-15(5-3-14)19-20-21(28)30-13-31-33(20)23(32-19)25-10-26(11-25,12-25)24(35)36/h2-8,13H,9-12H2,1H3,(H,29,34)(H,35,36)(H2,28,30,31). The molecule has 3 saturated carbocycles. The van der Waals surface area contributed by atoms with Crippen molar-refractivity contribution in [3.8, 4) is 17.0 Å². The molecule has 3 aliphatic rings. The van der Waals surface area contributed by atoms with Crippen molar-refractivity contribution in [2.24, 2.45) is 5.41 Å². The topological polar surface area (TPSA) is 145 Å². The molecule has 2 aromatic heterocycles. The lowest BCUT2D eigenvalue weighted by Gasteiger charge is -2.66. The fraction of sp³-hybridized carbons (Fsp3) is 0.269. The number of nitrogen functional groups attached to an aromatic ring is 1. The monoisotopic (exact) mass is 502 g/mol. The second-order valence-corrected chi connectivity index (χ2v) is 9.81. The van der Waals surface area contributed by atoms with E-state index in [0.29, 0.717) is 36.3 Å². The highest BCUT2D eigenvalue weighted by atomic mass is 19.1. The van der Waals surface area contributed by atoms with Gasteiger partial charge in [-0.1, -0.05) is 24.3 Å². The Labute approximate surface area is 210 Å². The molecule has 1 amide bonds. The van der Waals surface area contributed by atoms with E-state index >= 15 is 0 Å². The molecule has 188 valence electrons. The van der Waals surface area contributed by atoms with Gasteiger partial charge in [0.15, 0.2) is 5.82 Å². The summed E-state index contributed by atoms with van der Waals surface area (Å²) < 4.78 is 20.5. The lowest BCUT2D eigenvalue weighted by molar-refractivity contribution is -0.196. The van der Waals surface area contributed by atoms with Gasteiger partial charge in [-0.05, 0) is 43.0 Å². The molecule has 37 heavy (non-hydrogen) atoms. The third-order valence-electron chi connectivity index (χ3n) is 7.51. The van der Waals surface area contributed by atoms with E-state index in [9.17, 15) is 19.1 Å². The summed E-state index contributed by atoms with van der Waals surface area (Å²) in [6.07, 6.45) is 2.97. The van der Waals surface area contributed by atoms with Crippen LogP contribution >= 0.6 is 0 Å². The van der Waals surface area contributed by atoms with Crippen molar-refractivity contribution >= 4 is 23.2 Å². The molecule has 4 aromatic rings. The molecular formula is C26H23FN6O4. The van der Waals surface area contributed by atoms with Gasteiger partial charge in [0.05, 0.1) is 18.1 Å². The Morgan fingerprint density at radius 1 is 1.19 bits per heavy atom. The number of fused-ring (bicyclic) bond motifs is 1. The first-order valence-electron chi connectivity index (χ1n) is 11.7. The zero-order chi connectivity index (χ0) is 25.9. The number of rotatable bonds is 7. The summed E-state index contributed by atoms with van der Waals surface area (Å²) in [7, 11) is 1.42. The number of nitrogens with one attached hydrogen (secondary N) is 1. The van der Waals surface area contributed by atoms with Crippen LogP contribution in [0, 0.1) is 11.2 Å². The Bertz CT molecular complexity index is 1560. The molecule has 0 atom stereocenters. The summed E-state index contributed by atoms with van der Waals surface area (Å²) in [5, 5.41) is 16.7. The van der Waals surface area contributed by atoms with E-state index in [4.69, 9.17) is 15.5 Å². The Hall–Kier alpha value is -4.54. The first-order valence-corrected chi connectivity index (χ1v) is 11.7. The van der Waals surface area contributed by atoms with E-state index in [1.807, 2.05) is 24.3 Å². The number of imidazole rings is 1. The minimum atomic E-state index is -0.761. The molecule has 11 heteroatoms. The Morgan fingerprint density at radius 3 is 2.59 bits per heavy atom. The number of amides is 1. The van der Waals surface area contributed by atoms with Gasteiger partial charge in [0.25, 0.3) is 5.91 Å². The number of hydrogen-bond acceptors (Lipinski definition) is 7. The van der Waals surface area contributed by atoms with Crippen LogP contribution in [0.5, 0.6) is 5.75 Å². The lowest BCUT2D eigenvalue weighted by Crippen LogP contribution is -2.68. The molecule has 2 heterocycles. The van der Waals surface area contributed by atoms with Gasteiger partial charge < -0.3 is 20.9 Å². The number of ether oxygens (including phenoxy) is 1. The minimum Gasteiger partial charge on any atom is -0.496 e. The van der Waals surface area contributed by atoms with E-state index in [0.717, 1.165) is 17.2 Å². The number of nitrogens with two attached hydrogens (primary N) is 1. The molecule has 2 aromatic carbocycles. The van der Waals surface area contributed by atoms with Gasteiger partial charge in [0, 0.05) is 17.5 Å². The number of nitrogens with zero attached hydrogens (tertiary/aromatic N) is 4. The van der Waals surface area contributed by atoms with Crippen molar-refractivity contribution in [1.82, 2.24) is 24.9 Å². The Morgan fingerprint density at radius 2 is 1.92 bits per heavy atom. The number of aliphatic carboxylic acids is 1. The van der Waals surface area contributed by atoms with Gasteiger partial charge in [-0.2, -0.15) is 5.10 Å². The van der Waals surface area contributed by atoms with Crippen LogP contribution in [0.15, 0.2) is 48.8 Å². The number of carboxylic acids is 1. The second kappa shape index (κ2) is 7.99. The average molecular weight is 503 g/mol. The molecular weight excluding hydrogens is 479 g/mol. The van der Waals surface area contributed by atoms with Crippen LogP contribution in [0.4, 0.5) is 10.2 Å². The van der Waals surface area contributed by atoms with Gasteiger partial charge in [0.1, 0.15) is 34.9 Å². The lowest BCUT2D eigenvalue weighted by atomic mass is 9.35. The number of hydrogen-bond donors (Lipinski definition) is 3. The molecule has 0 saturated heterocycles. The Kier molecular flexibility index (Phi) is 4.94. The predicted octanol–water partition coefficient (Wildman–Crippen LogP) is 2.96. The number of halogens is 1. The number of carboxylic acid groups (broad SMARTS) is 1. The number of benzene rings is 2. The van der Waals surface area contributed by atoms with Crippen molar-refractivity contribution in [2.75, 3.05) is 12.8 Å². The van der Waals surface area contributed by atoms with Crippen LogP contribution in [0.1, 0.15) is 41.0 Å². The maximum absolute atomic E-state index is 13.6. The van der Waals surface area contributed by atoms with Crippen LogP contribution < -0.4 is 15.8 Å². The van der Waals surface area contributed by atoms with Crippen molar-refractivity contribution in [1.29, 1.82) is 0 Å². The van der Waals surface area contributed by atoms with Crippen LogP contribution in [-0.2, 0) is 16.8 Å². The zero-order valence-corrected chi connectivity index (χ0v) is 19.9. The average Bonchev–Trinajstić information content (AvgIpc) is 3.22. The second-order valence-electron chi connectivity index (χ2n) is 9.81. The first kappa shape index (κ1) is 22.9. The molecule has 0 aliphatic heterocycles. The van der Waals surface area contributed by atoms with Gasteiger partial charge in [-0.25, -0.2) is 18.9 Å². The van der Waals surface area contributed by atoms with Crippen molar-refractivity contribution in [2.45, 2.75) is 31.2 Å². The molecule has 0 unspecified atom stereocenters. The third kappa shape index (κ3) is 3.41. The quantitative estimate of drug-likeness (QED) is 0.350. The molecule has 3 fully saturated rings. The van der Waals surface area contributed by atoms with E-state index in [2.05, 4.69) is 15.4 Å². The molecule has 2 bridgehead atoms. The van der Waals surface area contributed by atoms with Crippen molar-refractivity contribution in [3.05, 3.63) is 71.6 Å². The summed E-state index contributed by atoms with van der Waals surface area (Å²) in [5.41, 5.74) is 8.15. The maximum Gasteiger partial charge on any atom is 0.309 e. The number of carbonyl (C=O) groups is 2. The third-order valence-corrected chi connectivity index (χ3v) is 7.51. The number of carbonyl (C=O) groups excluding carboxylic acids is 1. The van der Waals surface area contributed by atoms with Crippen LogP contribution in [0.2, 0.25) is 0 Å². The molecule has 4 N–H and O–H groups in total. The zero-order valence-electron chi connectivity index (χ0n) is 19.9. The number of methoxy groups -OCH3 is 1. The molecule has 0 radical (unpaired) electrons. The number of anilines is 1. The Balaban J connectivity index is 1.25. The summed E-state index contributed by atoms with van der Waals surface area (Å²) in [6.45, 7) is 0.222. The highest BCUT2D eigenvalue weighted by Crippen LogP contribution is 2.73. The summed E-state index contributed by atoms with van der Waals surface area (Å²) >= 11 is 0. The van der Waals surface area contributed by atoms with Gasteiger partial charge in [-0.15, -0.1) is 0 Å². The van der Waals surface area contributed by atoms with E-state index < -0.39 is 23.1 Å². The maximum atomic E-state index is 13.6. The van der Waals surface area contributed by atoms with Gasteiger partial charge >= 0.3 is 5.97 Å². The highest BCUT2D eigenvalue weighted by Gasteiger charge is 2.74. The SMILES string of the molecule is COc1ccc(F)cc1C(=O)NCc1ccc(-c2nc(C34CC(C(=O)O)(C3)C4)n3ncnc(N)c23)cc1. The van der Waals surface area contributed by atoms with Crippen LogP contribution in [0.3, 0.4) is 0 Å². The summed E-state index contributed by atoms with van der Waals surface area (Å²) in [5.74, 6) is -0.466. The summed E-state index contributed by atoms with van der Waals surface area (Å²) in [4.78, 5) is 33.2. The fourth-order valence-electron chi connectivity index (χ4n) is 5.67. The van der Waals surface area contributed by atoms with Crippen LogP contribution in [0.25, 0.3) is 16.8 Å². The van der Waals surface area contributed by atoms with Crippen molar-refractivity contribution < 1.29 is 23.8 Å². The molecule has 3 aliphatic carbocycles. The largest absolute Gasteiger partial charge is 0.496 e. The smallest absolute Gasteiger partial charge is 0.309 e. The fourth-order valence-corrected chi connectivity index (χ4v) is 5.67. The van der Waals surface area contributed by atoms with Gasteiger partial charge in [-0.3, -0.25) is 9.59 Å². The molecule has 10 nitrogen and oxygen atoms in total. The van der Waals surface area contributed by atoms with Crippen LogP contribution in [-0.4, -0.2) is 43.7 Å². The van der Waals surface area contributed by atoms with E-state index in [-0.39, 0.29) is 29.1 Å². The predicted molar refractivity (Wildman–Crippen MR) is 130 cm³/mol. The first-order chi connectivity index (χ1) is 17.7.